The molecular formula is C15H19NOS. The molecule has 0 radical (unpaired) electrons. The minimum Gasteiger partial charge on any atom is -0.342 e. The maximum atomic E-state index is 11.9. The summed E-state index contributed by atoms with van der Waals surface area (Å²) in [6, 6.07) is 0.369. The molecule has 1 saturated carbocycles. The molecule has 2 aliphatic carbocycles. The number of thiocarbonyl (C=S) groups is 1. The quantitative estimate of drug-likeness (QED) is 0.625. The summed E-state index contributed by atoms with van der Waals surface area (Å²) < 4.78 is 0. The number of carbonyl (C=O) groups is 1. The lowest BCUT2D eigenvalue weighted by atomic mass is 9.60. The van der Waals surface area contributed by atoms with E-state index in [-0.39, 0.29) is 5.41 Å². The van der Waals surface area contributed by atoms with Crippen molar-refractivity contribution in [1.82, 2.24) is 4.90 Å². The van der Waals surface area contributed by atoms with Gasteiger partial charge in [0, 0.05) is 36.2 Å². The first-order valence-corrected chi connectivity index (χ1v) is 7.13. The monoisotopic (exact) mass is 261 g/mol. The fraction of sp³-hybridized carbons (Fsp3) is 0.600. The second-order valence-electron chi connectivity index (χ2n) is 5.93. The van der Waals surface area contributed by atoms with E-state index >= 15 is 0 Å². The lowest BCUT2D eigenvalue weighted by Crippen LogP contribution is -2.54. The van der Waals surface area contributed by atoms with Crippen molar-refractivity contribution in [1.29, 1.82) is 0 Å². The number of fused-ring (bicyclic) bond motifs is 3. The lowest BCUT2D eigenvalue weighted by Gasteiger charge is -2.52. The van der Waals surface area contributed by atoms with Crippen molar-refractivity contribution in [3.63, 3.8) is 0 Å². The molecule has 96 valence electrons. The van der Waals surface area contributed by atoms with Gasteiger partial charge in [-0.15, -0.1) is 0 Å². The molecule has 0 unspecified atom stereocenters. The number of allylic oxidation sites excluding steroid dienone is 3. The van der Waals surface area contributed by atoms with Crippen LogP contribution in [0, 0.1) is 5.41 Å². The molecule has 1 aliphatic heterocycles. The number of hydrogen-bond donors (Lipinski definition) is 0. The molecule has 0 bridgehead atoms. The van der Waals surface area contributed by atoms with Crippen LogP contribution in [0.2, 0.25) is 0 Å². The van der Waals surface area contributed by atoms with E-state index in [1.54, 1.807) is 0 Å². The number of carbonyl (C=O) groups excluding carboxylic acids is 1. The summed E-state index contributed by atoms with van der Waals surface area (Å²) in [5.74, 6) is 0.303. The first-order chi connectivity index (χ1) is 8.52. The van der Waals surface area contributed by atoms with Gasteiger partial charge in [-0.25, -0.2) is 0 Å². The molecule has 0 aromatic carbocycles. The van der Waals surface area contributed by atoms with E-state index in [9.17, 15) is 4.79 Å². The Kier molecular flexibility index (Phi) is 2.70. The number of hydrogen-bond acceptors (Lipinski definition) is 2. The van der Waals surface area contributed by atoms with Crippen LogP contribution >= 0.6 is 12.2 Å². The maximum Gasteiger partial charge on any atom is 0.222 e. The van der Waals surface area contributed by atoms with E-state index in [0.29, 0.717) is 18.4 Å². The Balaban J connectivity index is 2.01. The highest BCUT2D eigenvalue weighted by Gasteiger charge is 2.48. The van der Waals surface area contributed by atoms with Gasteiger partial charge < -0.3 is 4.90 Å². The SMILES string of the molecule is CN1C(=O)CC[C@]2(C)C3=CCC(=S)C=C3CC[C@@H]12. The molecule has 0 N–H and O–H groups in total. The molecule has 3 heteroatoms. The molecule has 0 spiro atoms. The van der Waals surface area contributed by atoms with Gasteiger partial charge in [-0.3, -0.25) is 4.79 Å². The first-order valence-electron chi connectivity index (χ1n) is 6.72. The second-order valence-corrected chi connectivity index (χ2v) is 6.46. The molecule has 1 amide bonds. The van der Waals surface area contributed by atoms with E-state index in [2.05, 4.69) is 19.1 Å². The van der Waals surface area contributed by atoms with Crippen molar-refractivity contribution in [2.45, 2.75) is 45.1 Å². The van der Waals surface area contributed by atoms with Gasteiger partial charge in [0.25, 0.3) is 0 Å². The number of piperidine rings is 1. The predicted molar refractivity (Wildman–Crippen MR) is 76.5 cm³/mol. The maximum absolute atomic E-state index is 11.9. The minimum absolute atomic E-state index is 0.142. The summed E-state index contributed by atoms with van der Waals surface area (Å²) in [6.45, 7) is 2.33. The Morgan fingerprint density at radius 1 is 1.44 bits per heavy atom. The van der Waals surface area contributed by atoms with Crippen molar-refractivity contribution in [2.24, 2.45) is 5.41 Å². The van der Waals surface area contributed by atoms with Crippen molar-refractivity contribution in [3.8, 4) is 0 Å². The van der Waals surface area contributed by atoms with Crippen molar-refractivity contribution in [2.75, 3.05) is 7.05 Å². The third-order valence-corrected chi connectivity index (χ3v) is 5.23. The summed E-state index contributed by atoms with van der Waals surface area (Å²) in [5.41, 5.74) is 3.03. The Labute approximate surface area is 114 Å². The summed E-state index contributed by atoms with van der Waals surface area (Å²) in [5, 5.41) is 0. The molecule has 2 atom stereocenters. The highest BCUT2D eigenvalue weighted by molar-refractivity contribution is 7.80. The van der Waals surface area contributed by atoms with Gasteiger partial charge in [0.05, 0.1) is 0 Å². The molecule has 1 heterocycles. The van der Waals surface area contributed by atoms with Crippen LogP contribution in [0.5, 0.6) is 0 Å². The Hall–Kier alpha value is -0.960. The van der Waals surface area contributed by atoms with Crippen LogP contribution in [-0.4, -0.2) is 28.8 Å². The normalized spacial score (nSPS) is 35.7. The fourth-order valence-corrected chi connectivity index (χ4v) is 4.13. The number of likely N-dealkylation sites (tertiary alicyclic amines) is 1. The zero-order valence-electron chi connectivity index (χ0n) is 11.0. The van der Waals surface area contributed by atoms with Crippen LogP contribution in [0.25, 0.3) is 0 Å². The Morgan fingerprint density at radius 2 is 2.22 bits per heavy atom. The van der Waals surface area contributed by atoms with Crippen LogP contribution in [-0.2, 0) is 4.79 Å². The zero-order valence-corrected chi connectivity index (χ0v) is 11.8. The third kappa shape index (κ3) is 1.60. The minimum atomic E-state index is 0.142. The highest BCUT2D eigenvalue weighted by atomic mass is 32.1. The van der Waals surface area contributed by atoms with Gasteiger partial charge in [-0.1, -0.05) is 25.2 Å². The van der Waals surface area contributed by atoms with Gasteiger partial charge in [0.1, 0.15) is 0 Å². The molecule has 0 aromatic heterocycles. The molecule has 2 nitrogen and oxygen atoms in total. The van der Waals surface area contributed by atoms with Crippen LogP contribution in [0.15, 0.2) is 23.3 Å². The van der Waals surface area contributed by atoms with Crippen LogP contribution < -0.4 is 0 Å². The lowest BCUT2D eigenvalue weighted by molar-refractivity contribution is -0.139. The van der Waals surface area contributed by atoms with Gasteiger partial charge in [0.2, 0.25) is 5.91 Å². The average Bonchev–Trinajstić information content (AvgIpc) is 2.34. The van der Waals surface area contributed by atoms with E-state index in [1.165, 1.54) is 11.1 Å². The van der Waals surface area contributed by atoms with E-state index in [1.807, 2.05) is 11.9 Å². The largest absolute Gasteiger partial charge is 0.342 e. The molecule has 2 fully saturated rings. The van der Waals surface area contributed by atoms with E-state index < -0.39 is 0 Å². The predicted octanol–water partition coefficient (Wildman–Crippen LogP) is 3.03. The van der Waals surface area contributed by atoms with Crippen molar-refractivity contribution in [3.05, 3.63) is 23.3 Å². The summed E-state index contributed by atoms with van der Waals surface area (Å²) >= 11 is 5.31. The number of amides is 1. The fourth-order valence-electron chi connectivity index (χ4n) is 3.90. The van der Waals surface area contributed by atoms with Crippen LogP contribution in [0.1, 0.15) is 39.0 Å². The van der Waals surface area contributed by atoms with Crippen molar-refractivity contribution < 1.29 is 4.79 Å². The summed E-state index contributed by atoms with van der Waals surface area (Å²) in [6.07, 6.45) is 9.20. The van der Waals surface area contributed by atoms with Crippen molar-refractivity contribution >= 4 is 23.0 Å². The van der Waals surface area contributed by atoms with Crippen LogP contribution in [0.3, 0.4) is 0 Å². The topological polar surface area (TPSA) is 20.3 Å². The Bertz CT molecular complexity index is 491. The molecule has 3 aliphatic rings. The molecule has 1 saturated heterocycles. The van der Waals surface area contributed by atoms with Gasteiger partial charge >= 0.3 is 0 Å². The van der Waals surface area contributed by atoms with E-state index in [0.717, 1.165) is 30.5 Å². The molecule has 0 aromatic rings. The molecule has 18 heavy (non-hydrogen) atoms. The van der Waals surface area contributed by atoms with Gasteiger partial charge in [0.15, 0.2) is 0 Å². The van der Waals surface area contributed by atoms with Gasteiger partial charge in [-0.2, -0.15) is 0 Å². The molecular weight excluding hydrogens is 242 g/mol. The third-order valence-electron chi connectivity index (χ3n) is 4.95. The summed E-state index contributed by atoms with van der Waals surface area (Å²) in [4.78, 5) is 14.9. The number of rotatable bonds is 0. The molecule has 3 rings (SSSR count). The van der Waals surface area contributed by atoms with Crippen LogP contribution in [0.4, 0.5) is 0 Å². The van der Waals surface area contributed by atoms with Gasteiger partial charge in [-0.05, 0) is 36.5 Å². The smallest absolute Gasteiger partial charge is 0.222 e. The first kappa shape index (κ1) is 12.1. The standard InChI is InChI=1S/C15H19NOS/c1-15-8-7-14(17)16(2)13(15)6-3-10-9-11(18)4-5-12(10)15/h5,9,13H,3-4,6-8H2,1-2H3/t13-,15-/m1/s1. The Morgan fingerprint density at radius 3 is 3.00 bits per heavy atom. The highest BCUT2D eigenvalue weighted by Crippen LogP contribution is 2.51. The number of nitrogens with zero attached hydrogens (tertiary/aromatic N) is 1. The second kappa shape index (κ2) is 4.02. The average molecular weight is 261 g/mol. The summed E-state index contributed by atoms with van der Waals surface area (Å²) in [7, 11) is 1.97. The zero-order chi connectivity index (χ0) is 12.9. The van der Waals surface area contributed by atoms with E-state index in [4.69, 9.17) is 12.2 Å².